The highest BCUT2D eigenvalue weighted by atomic mass is 32.2. The summed E-state index contributed by atoms with van der Waals surface area (Å²) in [7, 11) is 0. The van der Waals surface area contributed by atoms with Gasteiger partial charge >= 0.3 is 5.97 Å². The summed E-state index contributed by atoms with van der Waals surface area (Å²) in [5.41, 5.74) is 5.28. The van der Waals surface area contributed by atoms with Crippen LogP contribution >= 0.6 is 37.0 Å². The lowest BCUT2D eigenvalue weighted by atomic mass is 10.1. The van der Waals surface area contributed by atoms with Crippen molar-refractivity contribution in [1.29, 1.82) is 0 Å². The Kier molecular flexibility index (Phi) is 19.6. The van der Waals surface area contributed by atoms with Crippen LogP contribution in [0, 0.1) is 0 Å². The summed E-state index contributed by atoms with van der Waals surface area (Å²) in [6, 6.07) is -8.08. The molecule has 0 aromatic carbocycles. The van der Waals surface area contributed by atoms with E-state index in [1.165, 1.54) is 18.7 Å². The van der Waals surface area contributed by atoms with Crippen molar-refractivity contribution in [2.75, 3.05) is 43.3 Å². The molecule has 42 heavy (non-hydrogen) atoms. The maximum Gasteiger partial charge on any atom is 0.327 e. The van der Waals surface area contributed by atoms with E-state index < -0.39 is 90.9 Å². The molecule has 0 unspecified atom stereocenters. The smallest absolute Gasteiger partial charge is 0.327 e. The molecule has 240 valence electrons. The number of amides is 6. The van der Waals surface area contributed by atoms with Crippen molar-refractivity contribution in [2.24, 2.45) is 5.73 Å². The first kappa shape index (κ1) is 39.2. The van der Waals surface area contributed by atoms with Gasteiger partial charge in [-0.2, -0.15) is 37.0 Å². The summed E-state index contributed by atoms with van der Waals surface area (Å²) < 4.78 is 0. The lowest BCUT2D eigenvalue weighted by Crippen LogP contribution is -2.60. The number of hydrogen-bond donors (Lipinski definition) is 12. The fourth-order valence-electron chi connectivity index (χ4n) is 3.02. The second-order valence-electron chi connectivity index (χ2n) is 8.65. The van der Waals surface area contributed by atoms with E-state index >= 15 is 0 Å². The van der Waals surface area contributed by atoms with E-state index in [4.69, 9.17) is 10.8 Å². The molecule has 20 heteroatoms. The molecule has 0 saturated heterocycles. The Morgan fingerprint density at radius 3 is 1.55 bits per heavy atom. The van der Waals surface area contributed by atoms with E-state index in [9.17, 15) is 43.8 Å². The molecule has 11 N–H and O–H groups in total. The first-order valence-electron chi connectivity index (χ1n) is 12.5. The minimum absolute atomic E-state index is 0.217. The van der Waals surface area contributed by atoms with E-state index in [1.807, 2.05) is 0 Å². The second-order valence-corrected chi connectivity index (χ2v) is 10.4. The summed E-state index contributed by atoms with van der Waals surface area (Å²) in [5, 5.41) is 41.8. The molecule has 0 radical (unpaired) electrons. The number of aliphatic hydroxyl groups is 2. The van der Waals surface area contributed by atoms with Gasteiger partial charge in [-0.05, 0) is 25.4 Å². The third-order valence-electron chi connectivity index (χ3n) is 5.44. The molecule has 0 bridgehead atoms. The predicted octanol–water partition coefficient (Wildman–Crippen LogP) is -5.44. The average Bonchev–Trinajstić information content (AvgIpc) is 2.96. The number of nitrogens with two attached hydrogens (primary N) is 1. The van der Waals surface area contributed by atoms with E-state index in [0.717, 1.165) is 0 Å². The van der Waals surface area contributed by atoms with Gasteiger partial charge in [0, 0.05) is 11.5 Å². The Morgan fingerprint density at radius 1 is 0.690 bits per heavy atom. The molecule has 6 atom stereocenters. The summed E-state index contributed by atoms with van der Waals surface area (Å²) in [6.07, 6.45) is 2.01. The van der Waals surface area contributed by atoms with Gasteiger partial charge in [-0.25, -0.2) is 4.79 Å². The van der Waals surface area contributed by atoms with E-state index in [-0.39, 0.29) is 24.5 Å². The van der Waals surface area contributed by atoms with Crippen LogP contribution < -0.4 is 37.6 Å². The first-order valence-corrected chi connectivity index (χ1v) is 15.1. The quantitative estimate of drug-likeness (QED) is 0.0547. The maximum atomic E-state index is 12.7. The lowest BCUT2D eigenvalue weighted by molar-refractivity contribution is -0.142. The Labute approximate surface area is 257 Å². The van der Waals surface area contributed by atoms with E-state index in [1.54, 1.807) is 6.26 Å². The number of carboxylic acid groups (broad SMARTS) is 1. The van der Waals surface area contributed by atoms with Crippen molar-refractivity contribution >= 4 is 78.4 Å². The molecule has 6 amide bonds. The number of carboxylic acids is 1. The number of aliphatic carboxylic acids is 1. The van der Waals surface area contributed by atoms with Crippen LogP contribution in [0.5, 0.6) is 0 Å². The molecule has 0 heterocycles. The van der Waals surface area contributed by atoms with Crippen molar-refractivity contribution < 1.29 is 48.9 Å². The molecule has 0 fully saturated rings. The van der Waals surface area contributed by atoms with Gasteiger partial charge in [0.2, 0.25) is 35.4 Å². The molecule has 0 aliphatic carbocycles. The fourth-order valence-corrected chi connectivity index (χ4v) is 3.99. The Bertz CT molecular complexity index is 962. The van der Waals surface area contributed by atoms with Gasteiger partial charge in [0.05, 0.1) is 19.8 Å². The largest absolute Gasteiger partial charge is 0.480 e. The Morgan fingerprint density at radius 2 is 1.12 bits per heavy atom. The Balaban J connectivity index is 5.25. The van der Waals surface area contributed by atoms with E-state index in [2.05, 4.69) is 57.2 Å². The molecule has 0 aliphatic rings. The van der Waals surface area contributed by atoms with Crippen LogP contribution in [0.25, 0.3) is 0 Å². The van der Waals surface area contributed by atoms with Gasteiger partial charge in [-0.3, -0.25) is 28.8 Å². The summed E-state index contributed by atoms with van der Waals surface area (Å²) in [5.74, 6) is -6.51. The van der Waals surface area contributed by atoms with Crippen molar-refractivity contribution in [1.82, 2.24) is 31.9 Å². The highest BCUT2D eigenvalue weighted by Gasteiger charge is 2.31. The van der Waals surface area contributed by atoms with Crippen LogP contribution in [0.3, 0.4) is 0 Å². The van der Waals surface area contributed by atoms with Gasteiger partial charge < -0.3 is 53.0 Å². The number of hydrogen-bond acceptors (Lipinski definition) is 13. The monoisotopic (exact) mass is 657 g/mol. The predicted molar refractivity (Wildman–Crippen MR) is 159 cm³/mol. The van der Waals surface area contributed by atoms with Crippen molar-refractivity contribution in [2.45, 2.75) is 49.6 Å². The number of aliphatic hydroxyl groups excluding tert-OH is 2. The summed E-state index contributed by atoms with van der Waals surface area (Å²) >= 11 is 9.24. The summed E-state index contributed by atoms with van der Waals surface area (Å²) in [4.78, 5) is 85.6. The topological polar surface area (TPSA) is 278 Å². The van der Waals surface area contributed by atoms with Crippen molar-refractivity contribution in [3.05, 3.63) is 0 Å². The number of nitrogens with one attached hydrogen (secondary N) is 6. The van der Waals surface area contributed by atoms with Gasteiger partial charge in [0.25, 0.3) is 0 Å². The molecular formula is C22H39N7O10S3. The summed E-state index contributed by atoms with van der Waals surface area (Å²) in [6.45, 7) is -0.851. The van der Waals surface area contributed by atoms with Gasteiger partial charge in [0.1, 0.15) is 36.3 Å². The molecule has 0 saturated carbocycles. The fraction of sp³-hybridized carbons (Fsp3) is 0.682. The van der Waals surface area contributed by atoms with Crippen LogP contribution in [0.15, 0.2) is 0 Å². The highest BCUT2D eigenvalue weighted by molar-refractivity contribution is 7.98. The highest BCUT2D eigenvalue weighted by Crippen LogP contribution is 2.02. The average molecular weight is 658 g/mol. The normalized spacial score (nSPS) is 15.0. The SMILES string of the molecule is CSCC[C@H](NC(=O)CN)C(=O)N[C@@H](CO)C(=O)N[C@@H](CS)C(=O)N[C@@H](C)C(=O)N[C@@H](CO)C(=O)N[C@@H](CS)C(=O)O. The zero-order valence-electron chi connectivity index (χ0n) is 23.0. The van der Waals surface area contributed by atoms with Crippen molar-refractivity contribution in [3.8, 4) is 0 Å². The number of carbonyl (C=O) groups excluding carboxylic acids is 6. The maximum absolute atomic E-state index is 12.7. The second kappa shape index (κ2) is 21.0. The van der Waals surface area contributed by atoms with Crippen LogP contribution in [0.1, 0.15) is 13.3 Å². The van der Waals surface area contributed by atoms with E-state index in [0.29, 0.717) is 5.75 Å². The number of thioether (sulfide) groups is 1. The number of rotatable bonds is 20. The van der Waals surface area contributed by atoms with Crippen LogP contribution in [0.4, 0.5) is 0 Å². The minimum Gasteiger partial charge on any atom is -0.480 e. The Hall–Kier alpha value is -2.78. The number of carbonyl (C=O) groups is 7. The zero-order chi connectivity index (χ0) is 32.4. The van der Waals surface area contributed by atoms with Crippen LogP contribution in [-0.4, -0.2) is 136 Å². The molecule has 0 aromatic heterocycles. The van der Waals surface area contributed by atoms with Crippen LogP contribution in [-0.2, 0) is 33.6 Å². The van der Waals surface area contributed by atoms with Crippen LogP contribution in [0.2, 0.25) is 0 Å². The van der Waals surface area contributed by atoms with Gasteiger partial charge in [-0.1, -0.05) is 0 Å². The van der Waals surface area contributed by atoms with Crippen molar-refractivity contribution in [3.63, 3.8) is 0 Å². The first-order chi connectivity index (χ1) is 19.8. The standard InChI is InChI=1S/C22H39N7O10S3/c1-10(17(33)26-12(6-30)20(36)29-15(9-41)22(38)39)24-21(37)14(8-40)28-19(35)13(7-31)27-18(34)11(3-4-42-2)25-16(32)5-23/h10-15,30-31,40-41H,3-9,23H2,1-2H3,(H,24,37)(H,25,32)(H,26,33)(H,27,34)(H,28,35)(H,29,36)(H,38,39)/t10-,11-,12-,13-,14-,15-/m0/s1. The molecule has 0 rings (SSSR count). The molecule has 0 spiro atoms. The minimum atomic E-state index is -1.54. The third-order valence-corrected chi connectivity index (χ3v) is 6.82. The van der Waals surface area contributed by atoms with Gasteiger partial charge in [-0.15, -0.1) is 0 Å². The zero-order valence-corrected chi connectivity index (χ0v) is 25.6. The molecule has 0 aromatic rings. The lowest BCUT2D eigenvalue weighted by Gasteiger charge is -2.25. The molecule has 0 aliphatic heterocycles. The molecular weight excluding hydrogens is 618 g/mol. The van der Waals surface area contributed by atoms with Gasteiger partial charge in [0.15, 0.2) is 0 Å². The molecule has 17 nitrogen and oxygen atoms in total. The third kappa shape index (κ3) is 13.9. The number of thiol groups is 2.